The third kappa shape index (κ3) is 3.61. The molecular formula is C27H29N4O3+. The van der Waals surface area contributed by atoms with Crippen LogP contribution in [0.4, 0.5) is 0 Å². The van der Waals surface area contributed by atoms with E-state index in [9.17, 15) is 14.4 Å². The van der Waals surface area contributed by atoms with Crippen LogP contribution in [0.1, 0.15) is 54.5 Å². The standard InChI is InChI=1S/C27H28N4O3/c1-17-14-18(2)16-29(15-17)24-23(25(32)30(27(24)34)20-10-6-4-7-11-20)22-19(3)28-31(26(22)33)21-12-8-5-9-13-21/h5,8-9,12-16,20H,4,6-7,10-11H2,1-3H3/p+1. The molecule has 7 heteroatoms. The van der Waals surface area contributed by atoms with E-state index in [1.54, 1.807) is 11.5 Å². The van der Waals surface area contributed by atoms with Gasteiger partial charge in [-0.2, -0.15) is 4.57 Å². The van der Waals surface area contributed by atoms with Gasteiger partial charge in [0.15, 0.2) is 12.4 Å². The second-order valence-electron chi connectivity index (χ2n) is 9.38. The first-order chi connectivity index (χ1) is 16.4. The van der Waals surface area contributed by atoms with E-state index in [4.69, 9.17) is 0 Å². The average Bonchev–Trinajstić information content (AvgIpc) is 3.25. The minimum absolute atomic E-state index is 0.136. The highest BCUT2D eigenvalue weighted by atomic mass is 16.2. The van der Waals surface area contributed by atoms with Gasteiger partial charge in [-0.1, -0.05) is 37.5 Å². The van der Waals surface area contributed by atoms with Crippen molar-refractivity contribution < 1.29 is 14.2 Å². The van der Waals surface area contributed by atoms with E-state index >= 15 is 0 Å². The molecule has 2 amide bonds. The summed E-state index contributed by atoms with van der Waals surface area (Å²) in [5.41, 5.74) is 3.50. The molecule has 1 aromatic carbocycles. The van der Waals surface area contributed by atoms with E-state index < -0.39 is 0 Å². The third-order valence-corrected chi connectivity index (χ3v) is 6.77. The zero-order valence-corrected chi connectivity index (χ0v) is 19.8. The summed E-state index contributed by atoms with van der Waals surface area (Å²) in [7, 11) is 0. The molecule has 2 aliphatic rings. The number of rotatable bonds is 4. The molecule has 34 heavy (non-hydrogen) atoms. The van der Waals surface area contributed by atoms with Gasteiger partial charge in [0.05, 0.1) is 11.3 Å². The number of aryl methyl sites for hydroxylation is 3. The molecule has 0 bridgehead atoms. The van der Waals surface area contributed by atoms with Gasteiger partial charge in [-0.05, 0) is 51.8 Å². The fourth-order valence-corrected chi connectivity index (χ4v) is 5.31. The maximum Gasteiger partial charge on any atom is 0.327 e. The predicted molar refractivity (Wildman–Crippen MR) is 129 cm³/mol. The lowest BCUT2D eigenvalue weighted by Crippen LogP contribution is -2.45. The highest BCUT2D eigenvalue weighted by Crippen LogP contribution is 2.34. The molecular weight excluding hydrogens is 428 g/mol. The van der Waals surface area contributed by atoms with Crippen molar-refractivity contribution in [2.75, 3.05) is 0 Å². The molecule has 1 aliphatic heterocycles. The molecule has 3 aromatic rings. The second kappa shape index (κ2) is 8.56. The van der Waals surface area contributed by atoms with Crippen LogP contribution in [0.25, 0.3) is 17.0 Å². The van der Waals surface area contributed by atoms with Crippen molar-refractivity contribution in [2.24, 2.45) is 0 Å². The van der Waals surface area contributed by atoms with Crippen LogP contribution in [-0.4, -0.2) is 32.5 Å². The number of imide groups is 1. The highest BCUT2D eigenvalue weighted by Gasteiger charge is 2.49. The molecule has 1 N–H and O–H groups in total. The van der Waals surface area contributed by atoms with Crippen molar-refractivity contribution in [2.45, 2.75) is 58.9 Å². The number of hydrogen-bond acceptors (Lipinski definition) is 3. The van der Waals surface area contributed by atoms with Gasteiger partial charge in [-0.15, -0.1) is 0 Å². The van der Waals surface area contributed by atoms with Crippen LogP contribution in [-0.2, 0) is 9.59 Å². The Balaban J connectivity index is 1.73. The van der Waals surface area contributed by atoms with Crippen LogP contribution in [0.3, 0.4) is 0 Å². The fraction of sp³-hybridized carbons (Fsp3) is 0.333. The minimum Gasteiger partial charge on any atom is -0.295 e. The molecule has 1 fully saturated rings. The Bertz CT molecular complexity index is 1350. The predicted octanol–water partition coefficient (Wildman–Crippen LogP) is 3.45. The number of pyridine rings is 1. The lowest BCUT2D eigenvalue weighted by molar-refractivity contribution is -0.577. The van der Waals surface area contributed by atoms with Gasteiger partial charge in [0.2, 0.25) is 0 Å². The maximum absolute atomic E-state index is 13.9. The molecule has 174 valence electrons. The quantitative estimate of drug-likeness (QED) is 0.481. The van der Waals surface area contributed by atoms with Crippen molar-refractivity contribution in [1.82, 2.24) is 14.7 Å². The maximum atomic E-state index is 13.9. The Hall–Kier alpha value is -3.74. The van der Waals surface area contributed by atoms with Crippen molar-refractivity contribution in [1.29, 1.82) is 0 Å². The molecule has 5 rings (SSSR count). The zero-order chi connectivity index (χ0) is 24.0. The monoisotopic (exact) mass is 457 g/mol. The average molecular weight is 458 g/mol. The molecule has 1 aliphatic carbocycles. The molecule has 3 heterocycles. The van der Waals surface area contributed by atoms with Crippen molar-refractivity contribution in [3.8, 4) is 5.69 Å². The van der Waals surface area contributed by atoms with Crippen molar-refractivity contribution in [3.05, 3.63) is 81.5 Å². The summed E-state index contributed by atoms with van der Waals surface area (Å²) in [6.07, 6.45) is 8.39. The molecule has 0 atom stereocenters. The normalized spacial score (nSPS) is 17.2. The van der Waals surface area contributed by atoms with Crippen LogP contribution in [0, 0.1) is 20.8 Å². The van der Waals surface area contributed by atoms with E-state index in [-0.39, 0.29) is 40.2 Å². The molecule has 7 nitrogen and oxygen atoms in total. The number of para-hydroxylation sites is 1. The van der Waals surface area contributed by atoms with Crippen LogP contribution in [0.15, 0.2) is 53.6 Å². The van der Waals surface area contributed by atoms with Gasteiger partial charge in [-0.3, -0.25) is 24.4 Å². The minimum atomic E-state index is -0.377. The van der Waals surface area contributed by atoms with Gasteiger partial charge < -0.3 is 0 Å². The Morgan fingerprint density at radius 1 is 0.882 bits per heavy atom. The number of benzene rings is 1. The van der Waals surface area contributed by atoms with Gasteiger partial charge in [0, 0.05) is 22.9 Å². The Morgan fingerprint density at radius 3 is 2.18 bits per heavy atom. The molecule has 2 aromatic heterocycles. The first-order valence-corrected chi connectivity index (χ1v) is 11.9. The van der Waals surface area contributed by atoms with E-state index in [1.165, 1.54) is 9.58 Å². The van der Waals surface area contributed by atoms with Crippen molar-refractivity contribution >= 4 is 23.1 Å². The Kier molecular flexibility index (Phi) is 5.55. The molecule has 0 radical (unpaired) electrons. The first kappa shape index (κ1) is 22.1. The zero-order valence-electron chi connectivity index (χ0n) is 19.8. The number of carbonyl (C=O) groups is 2. The smallest absolute Gasteiger partial charge is 0.295 e. The number of aromatic nitrogens is 3. The number of aromatic amines is 1. The summed E-state index contributed by atoms with van der Waals surface area (Å²) >= 11 is 0. The van der Waals surface area contributed by atoms with Crippen LogP contribution < -0.4 is 10.1 Å². The number of hydrogen-bond donors (Lipinski definition) is 1. The first-order valence-electron chi connectivity index (χ1n) is 11.9. The molecule has 1 saturated carbocycles. The number of H-pyrrole nitrogens is 1. The third-order valence-electron chi connectivity index (χ3n) is 6.77. The van der Waals surface area contributed by atoms with Crippen molar-refractivity contribution in [3.63, 3.8) is 0 Å². The van der Waals surface area contributed by atoms with Crippen LogP contribution in [0.5, 0.6) is 0 Å². The summed E-state index contributed by atoms with van der Waals surface area (Å²) in [6.45, 7) is 5.68. The number of carbonyl (C=O) groups excluding carboxylic acids is 2. The van der Waals surface area contributed by atoms with E-state index in [0.717, 1.165) is 43.2 Å². The van der Waals surface area contributed by atoms with E-state index in [1.807, 2.05) is 62.6 Å². The van der Waals surface area contributed by atoms with Gasteiger partial charge >= 0.3 is 5.91 Å². The fourth-order valence-electron chi connectivity index (χ4n) is 5.31. The van der Waals surface area contributed by atoms with Gasteiger partial charge in [0.1, 0.15) is 5.57 Å². The summed E-state index contributed by atoms with van der Waals surface area (Å²) < 4.78 is 3.16. The molecule has 0 saturated heterocycles. The topological polar surface area (TPSA) is 79.1 Å². The summed E-state index contributed by atoms with van der Waals surface area (Å²) in [4.78, 5) is 42.8. The molecule has 0 unspecified atom stereocenters. The summed E-state index contributed by atoms with van der Waals surface area (Å²) in [5.74, 6) is -0.703. The van der Waals surface area contributed by atoms with Gasteiger partial charge in [-0.25, -0.2) is 4.68 Å². The highest BCUT2D eigenvalue weighted by molar-refractivity contribution is 6.44. The lowest BCUT2D eigenvalue weighted by atomic mass is 9.94. The van der Waals surface area contributed by atoms with Crippen LogP contribution >= 0.6 is 0 Å². The summed E-state index contributed by atoms with van der Waals surface area (Å²) in [5, 5.41) is 3.11. The number of nitrogens with zero attached hydrogens (tertiary/aromatic N) is 3. The van der Waals surface area contributed by atoms with Crippen LogP contribution in [0.2, 0.25) is 0 Å². The molecule has 0 spiro atoms. The number of nitrogens with one attached hydrogen (secondary N) is 1. The number of amides is 2. The SMILES string of the molecule is Cc1cc(C)c[n+](C2=C(c3c(C)[nH]n(-c4ccccc4)c3=O)C(=O)N(C3CCCCC3)C2=O)c1. The summed E-state index contributed by atoms with van der Waals surface area (Å²) in [6, 6.07) is 11.1. The van der Waals surface area contributed by atoms with E-state index in [0.29, 0.717) is 11.4 Å². The van der Waals surface area contributed by atoms with E-state index in [2.05, 4.69) is 5.10 Å². The second-order valence-corrected chi connectivity index (χ2v) is 9.38. The Labute approximate surface area is 198 Å². The largest absolute Gasteiger partial charge is 0.327 e. The van der Waals surface area contributed by atoms with Gasteiger partial charge in [0.25, 0.3) is 17.2 Å². The lowest BCUT2D eigenvalue weighted by Gasteiger charge is -2.29. The Morgan fingerprint density at radius 2 is 1.53 bits per heavy atom.